The second-order valence-electron chi connectivity index (χ2n) is 5.16. The van der Waals surface area contributed by atoms with E-state index in [2.05, 4.69) is 0 Å². The Morgan fingerprint density at radius 3 is 2.35 bits per heavy atom. The summed E-state index contributed by atoms with van der Waals surface area (Å²) in [6.07, 6.45) is 1.22. The zero-order valence-corrected chi connectivity index (χ0v) is 10.8. The van der Waals surface area contributed by atoms with Gasteiger partial charge in [-0.05, 0) is 18.8 Å². The fourth-order valence-corrected chi connectivity index (χ4v) is 2.66. The molecule has 0 aliphatic carbocycles. The monoisotopic (exact) mass is 242 g/mol. The summed E-state index contributed by atoms with van der Waals surface area (Å²) < 4.78 is 0. The van der Waals surface area contributed by atoms with Crippen molar-refractivity contribution >= 4 is 11.9 Å². The predicted molar refractivity (Wildman–Crippen MR) is 64.4 cm³/mol. The molecule has 1 fully saturated rings. The van der Waals surface area contributed by atoms with E-state index in [1.54, 1.807) is 0 Å². The van der Waals surface area contributed by atoms with Crippen LogP contribution >= 0.6 is 0 Å². The zero-order chi connectivity index (χ0) is 13.2. The first-order valence-electron chi connectivity index (χ1n) is 6.12. The lowest BCUT2D eigenvalue weighted by Gasteiger charge is -2.30. The molecule has 1 rings (SSSR count). The van der Waals surface area contributed by atoms with Crippen LogP contribution in [0, 0.1) is 11.3 Å². The van der Waals surface area contributed by atoms with Gasteiger partial charge in [-0.25, -0.2) is 0 Å². The number of carbonyl (C=O) groups excluding carboxylic acids is 1. The second kappa shape index (κ2) is 5.04. The Morgan fingerprint density at radius 1 is 1.47 bits per heavy atom. The normalized spacial score (nSPS) is 27.3. The van der Waals surface area contributed by atoms with E-state index < -0.39 is 11.4 Å². The number of carbonyl (C=O) groups is 2. The maximum atomic E-state index is 11.4. The van der Waals surface area contributed by atoms with Crippen molar-refractivity contribution in [2.45, 2.75) is 39.7 Å². The Balaban J connectivity index is 2.86. The molecule has 1 aliphatic rings. The molecule has 1 saturated heterocycles. The van der Waals surface area contributed by atoms with Crippen LogP contribution in [-0.4, -0.2) is 41.0 Å². The van der Waals surface area contributed by atoms with Gasteiger partial charge in [-0.1, -0.05) is 20.8 Å². The standard InChI is InChI=1S/C12H22N2O3/c1-4-9(10(13)15)14-6-5-12(7-14,8(2)3)11(16)17/h8-9H,4-7H2,1-3H3,(H2,13,15)(H,16,17). The third-order valence-corrected chi connectivity index (χ3v) is 4.02. The first-order valence-corrected chi connectivity index (χ1v) is 6.12. The van der Waals surface area contributed by atoms with Crippen molar-refractivity contribution < 1.29 is 14.7 Å². The van der Waals surface area contributed by atoms with Crippen LogP contribution in [0.1, 0.15) is 33.6 Å². The third kappa shape index (κ3) is 2.44. The maximum Gasteiger partial charge on any atom is 0.311 e. The minimum atomic E-state index is -0.769. The third-order valence-electron chi connectivity index (χ3n) is 4.02. The van der Waals surface area contributed by atoms with Gasteiger partial charge >= 0.3 is 5.97 Å². The van der Waals surface area contributed by atoms with Crippen molar-refractivity contribution in [3.8, 4) is 0 Å². The van der Waals surface area contributed by atoms with Gasteiger partial charge in [-0.15, -0.1) is 0 Å². The maximum absolute atomic E-state index is 11.4. The van der Waals surface area contributed by atoms with Crippen molar-refractivity contribution in [1.82, 2.24) is 4.90 Å². The first-order chi connectivity index (χ1) is 7.85. The van der Waals surface area contributed by atoms with Gasteiger partial charge in [0.25, 0.3) is 0 Å². The summed E-state index contributed by atoms with van der Waals surface area (Å²) in [6.45, 7) is 6.78. The lowest BCUT2D eigenvalue weighted by Crippen LogP contribution is -2.46. The van der Waals surface area contributed by atoms with E-state index in [-0.39, 0.29) is 17.9 Å². The number of rotatable bonds is 5. The second-order valence-corrected chi connectivity index (χ2v) is 5.16. The number of primary amides is 1. The van der Waals surface area contributed by atoms with Gasteiger partial charge in [-0.3, -0.25) is 14.5 Å². The summed E-state index contributed by atoms with van der Waals surface area (Å²) in [5.41, 5.74) is 4.61. The Bertz CT molecular complexity index is 317. The molecule has 5 heteroatoms. The SMILES string of the molecule is CCC(C(N)=O)N1CCC(C(=O)O)(C(C)C)C1. The summed E-state index contributed by atoms with van der Waals surface area (Å²) in [5, 5.41) is 9.40. The van der Waals surface area contributed by atoms with Crippen LogP contribution in [0.3, 0.4) is 0 Å². The van der Waals surface area contributed by atoms with Gasteiger partial charge < -0.3 is 10.8 Å². The van der Waals surface area contributed by atoms with E-state index in [4.69, 9.17) is 5.73 Å². The summed E-state index contributed by atoms with van der Waals surface area (Å²) in [7, 11) is 0. The van der Waals surface area contributed by atoms with Gasteiger partial charge in [0.05, 0.1) is 11.5 Å². The largest absolute Gasteiger partial charge is 0.481 e. The molecule has 2 unspecified atom stereocenters. The number of amides is 1. The van der Waals surface area contributed by atoms with Crippen LogP contribution in [0.4, 0.5) is 0 Å². The molecule has 98 valence electrons. The van der Waals surface area contributed by atoms with Crippen molar-refractivity contribution in [3.05, 3.63) is 0 Å². The number of likely N-dealkylation sites (tertiary alicyclic amines) is 1. The fraction of sp³-hybridized carbons (Fsp3) is 0.833. The Morgan fingerprint density at radius 2 is 2.06 bits per heavy atom. The van der Waals surface area contributed by atoms with Gasteiger partial charge in [0, 0.05) is 13.1 Å². The highest BCUT2D eigenvalue weighted by molar-refractivity contribution is 5.80. The Hall–Kier alpha value is -1.10. The summed E-state index contributed by atoms with van der Waals surface area (Å²) in [5.74, 6) is -1.08. The highest BCUT2D eigenvalue weighted by Crippen LogP contribution is 2.39. The van der Waals surface area contributed by atoms with E-state index in [0.29, 0.717) is 25.9 Å². The summed E-state index contributed by atoms with van der Waals surface area (Å²) >= 11 is 0. The average molecular weight is 242 g/mol. The smallest absolute Gasteiger partial charge is 0.311 e. The molecule has 17 heavy (non-hydrogen) atoms. The van der Waals surface area contributed by atoms with E-state index in [9.17, 15) is 14.7 Å². The van der Waals surface area contributed by atoms with E-state index in [1.165, 1.54) is 0 Å². The molecule has 2 atom stereocenters. The molecule has 0 aromatic heterocycles. The van der Waals surface area contributed by atoms with Gasteiger partial charge in [0.1, 0.15) is 0 Å². The van der Waals surface area contributed by atoms with Crippen LogP contribution in [0.25, 0.3) is 0 Å². The fourth-order valence-electron chi connectivity index (χ4n) is 2.66. The molecule has 0 saturated carbocycles. The molecule has 5 nitrogen and oxygen atoms in total. The minimum absolute atomic E-state index is 0.0513. The molecule has 3 N–H and O–H groups in total. The minimum Gasteiger partial charge on any atom is -0.481 e. The first kappa shape index (κ1) is 14.0. The van der Waals surface area contributed by atoms with Gasteiger partial charge in [0.15, 0.2) is 0 Å². The Kier molecular flexibility index (Phi) is 4.14. The van der Waals surface area contributed by atoms with Crippen LogP contribution in [0.5, 0.6) is 0 Å². The quantitative estimate of drug-likeness (QED) is 0.742. The topological polar surface area (TPSA) is 83.6 Å². The van der Waals surface area contributed by atoms with Crippen LogP contribution in [-0.2, 0) is 9.59 Å². The number of nitrogens with zero attached hydrogens (tertiary/aromatic N) is 1. The van der Waals surface area contributed by atoms with E-state index >= 15 is 0 Å². The molecule has 1 aliphatic heterocycles. The van der Waals surface area contributed by atoms with Crippen molar-refractivity contribution in [2.24, 2.45) is 17.1 Å². The van der Waals surface area contributed by atoms with Crippen molar-refractivity contribution in [3.63, 3.8) is 0 Å². The lowest BCUT2D eigenvalue weighted by atomic mass is 9.76. The molecule has 1 heterocycles. The van der Waals surface area contributed by atoms with Crippen LogP contribution in [0.2, 0.25) is 0 Å². The van der Waals surface area contributed by atoms with Crippen molar-refractivity contribution in [2.75, 3.05) is 13.1 Å². The highest BCUT2D eigenvalue weighted by Gasteiger charge is 2.48. The van der Waals surface area contributed by atoms with E-state index in [1.807, 2.05) is 25.7 Å². The molecular formula is C12H22N2O3. The summed E-state index contributed by atoms with van der Waals surface area (Å²) in [6, 6.07) is -0.338. The van der Waals surface area contributed by atoms with Crippen LogP contribution in [0.15, 0.2) is 0 Å². The molecule has 1 amide bonds. The molecule has 0 aromatic rings. The van der Waals surface area contributed by atoms with Gasteiger partial charge in [-0.2, -0.15) is 0 Å². The number of nitrogens with two attached hydrogens (primary N) is 1. The van der Waals surface area contributed by atoms with Crippen LogP contribution < -0.4 is 5.73 Å². The number of hydrogen-bond acceptors (Lipinski definition) is 3. The number of hydrogen-bond donors (Lipinski definition) is 2. The van der Waals surface area contributed by atoms with Gasteiger partial charge in [0.2, 0.25) is 5.91 Å². The predicted octanol–water partition coefficient (Wildman–Crippen LogP) is 0.683. The lowest BCUT2D eigenvalue weighted by molar-refractivity contribution is -0.151. The Labute approximate surface area is 102 Å². The van der Waals surface area contributed by atoms with Crippen molar-refractivity contribution in [1.29, 1.82) is 0 Å². The highest BCUT2D eigenvalue weighted by atomic mass is 16.4. The number of carboxylic acids is 1. The number of aliphatic carboxylic acids is 1. The zero-order valence-electron chi connectivity index (χ0n) is 10.8. The molecule has 0 aromatic carbocycles. The molecule has 0 bridgehead atoms. The summed E-state index contributed by atoms with van der Waals surface area (Å²) in [4.78, 5) is 24.7. The molecule has 0 spiro atoms. The average Bonchev–Trinajstić information content (AvgIpc) is 2.64. The molecular weight excluding hydrogens is 220 g/mol. The molecule has 0 radical (unpaired) electrons. The number of carboxylic acid groups (broad SMARTS) is 1. The van der Waals surface area contributed by atoms with E-state index in [0.717, 1.165) is 0 Å².